The average molecular weight is 392 g/mol. The fourth-order valence-corrected chi connectivity index (χ4v) is 2.77. The Hall–Kier alpha value is -3.66. The number of hydrogen-bond acceptors (Lipinski definition) is 5. The van der Waals surface area contributed by atoms with E-state index in [1.54, 1.807) is 12.3 Å². The van der Waals surface area contributed by atoms with Crippen molar-refractivity contribution in [2.24, 2.45) is 0 Å². The lowest BCUT2D eigenvalue weighted by Gasteiger charge is -2.09. The second-order valence-electron chi connectivity index (χ2n) is 6.54. The quantitative estimate of drug-likeness (QED) is 0.569. The topological polar surface area (TPSA) is 91.0 Å². The van der Waals surface area contributed by atoms with Gasteiger partial charge in [0.05, 0.1) is 11.9 Å². The van der Waals surface area contributed by atoms with Crippen molar-refractivity contribution in [3.8, 4) is 17.4 Å². The highest BCUT2D eigenvalue weighted by molar-refractivity contribution is 5.76. The lowest BCUT2D eigenvalue weighted by atomic mass is 10.1. The van der Waals surface area contributed by atoms with Crippen molar-refractivity contribution in [1.82, 2.24) is 10.3 Å². The van der Waals surface area contributed by atoms with Crippen LogP contribution in [0.3, 0.4) is 0 Å². The number of nitriles is 1. The van der Waals surface area contributed by atoms with Crippen molar-refractivity contribution in [1.29, 1.82) is 5.26 Å². The number of amides is 1. The summed E-state index contributed by atoms with van der Waals surface area (Å²) >= 11 is 0. The van der Waals surface area contributed by atoms with Gasteiger partial charge in [0.15, 0.2) is 11.7 Å². The van der Waals surface area contributed by atoms with E-state index in [1.807, 2.05) is 37.3 Å². The Balaban J connectivity index is 1.41. The zero-order valence-electron chi connectivity index (χ0n) is 16.0. The summed E-state index contributed by atoms with van der Waals surface area (Å²) in [5, 5.41) is 14.7. The minimum absolute atomic E-state index is 0.0351. The molecule has 0 aliphatic heterocycles. The van der Waals surface area contributed by atoms with Crippen LogP contribution in [0.4, 0.5) is 10.1 Å². The molecule has 0 bridgehead atoms. The van der Waals surface area contributed by atoms with Crippen LogP contribution >= 0.6 is 0 Å². The fourth-order valence-electron chi connectivity index (χ4n) is 2.77. The van der Waals surface area contributed by atoms with Crippen LogP contribution in [0.15, 0.2) is 53.1 Å². The molecule has 1 amide bonds. The van der Waals surface area contributed by atoms with Crippen LogP contribution < -0.4 is 10.6 Å². The standard InChI is InChI=1S/C22H21FN4O2/c1-15-5-7-16(8-6-15)20-14-27-22(29-20)10-9-21(28)26-12-11-25-19-4-2-3-18(23)17(19)13-24/h2-8,14,25H,9-12H2,1H3,(H,26,28). The fraction of sp³-hybridized carbons (Fsp3) is 0.227. The van der Waals surface area contributed by atoms with E-state index in [0.717, 1.165) is 5.56 Å². The number of nitrogens with zero attached hydrogens (tertiary/aromatic N) is 2. The normalized spacial score (nSPS) is 10.4. The van der Waals surface area contributed by atoms with Gasteiger partial charge in [-0.25, -0.2) is 9.37 Å². The predicted molar refractivity (Wildman–Crippen MR) is 108 cm³/mol. The molecule has 0 saturated heterocycles. The predicted octanol–water partition coefficient (Wildman–Crippen LogP) is 3.82. The zero-order valence-corrected chi connectivity index (χ0v) is 16.0. The van der Waals surface area contributed by atoms with Crippen molar-refractivity contribution >= 4 is 11.6 Å². The molecule has 0 atom stereocenters. The number of carbonyl (C=O) groups excluding carboxylic acids is 1. The largest absolute Gasteiger partial charge is 0.441 e. The van der Waals surface area contributed by atoms with Crippen molar-refractivity contribution < 1.29 is 13.6 Å². The molecule has 1 heterocycles. The minimum Gasteiger partial charge on any atom is -0.441 e. The molecule has 3 aromatic rings. The summed E-state index contributed by atoms with van der Waals surface area (Å²) in [7, 11) is 0. The Morgan fingerprint density at radius 3 is 2.76 bits per heavy atom. The molecule has 0 fully saturated rings. The minimum atomic E-state index is -0.572. The van der Waals surface area contributed by atoms with Gasteiger partial charge in [-0.1, -0.05) is 35.9 Å². The highest BCUT2D eigenvalue weighted by Gasteiger charge is 2.10. The molecule has 1 aromatic heterocycles. The molecule has 29 heavy (non-hydrogen) atoms. The number of rotatable bonds is 8. The second kappa shape index (κ2) is 9.51. The van der Waals surface area contributed by atoms with Crippen LogP contribution in [-0.4, -0.2) is 24.0 Å². The zero-order chi connectivity index (χ0) is 20.6. The van der Waals surface area contributed by atoms with Gasteiger partial charge in [0.25, 0.3) is 0 Å². The molecule has 0 radical (unpaired) electrons. The van der Waals surface area contributed by atoms with Gasteiger partial charge >= 0.3 is 0 Å². The van der Waals surface area contributed by atoms with Gasteiger partial charge in [-0.3, -0.25) is 4.79 Å². The van der Waals surface area contributed by atoms with E-state index in [2.05, 4.69) is 15.6 Å². The number of aryl methyl sites for hydroxylation is 2. The molecule has 7 heteroatoms. The van der Waals surface area contributed by atoms with Crippen LogP contribution in [0.1, 0.15) is 23.4 Å². The summed E-state index contributed by atoms with van der Waals surface area (Å²) in [4.78, 5) is 16.2. The molecule has 6 nitrogen and oxygen atoms in total. The molecular formula is C22H21FN4O2. The van der Waals surface area contributed by atoms with Gasteiger partial charge in [0, 0.05) is 31.5 Å². The lowest BCUT2D eigenvalue weighted by Crippen LogP contribution is -2.29. The number of carbonyl (C=O) groups is 1. The van der Waals surface area contributed by atoms with E-state index >= 15 is 0 Å². The molecule has 3 rings (SSSR count). The summed E-state index contributed by atoms with van der Waals surface area (Å²) in [5.41, 5.74) is 2.48. The van der Waals surface area contributed by atoms with Crippen molar-refractivity contribution in [2.45, 2.75) is 19.8 Å². The molecule has 0 spiro atoms. The van der Waals surface area contributed by atoms with Gasteiger partial charge in [-0.15, -0.1) is 0 Å². The lowest BCUT2D eigenvalue weighted by molar-refractivity contribution is -0.121. The van der Waals surface area contributed by atoms with Gasteiger partial charge in [-0.2, -0.15) is 5.26 Å². The molecule has 0 aliphatic carbocycles. The number of anilines is 1. The summed E-state index contributed by atoms with van der Waals surface area (Å²) in [6.07, 6.45) is 2.30. The SMILES string of the molecule is Cc1ccc(-c2cnc(CCC(=O)NCCNc3cccc(F)c3C#N)o2)cc1. The van der Waals surface area contributed by atoms with Gasteiger partial charge in [-0.05, 0) is 19.1 Å². The summed E-state index contributed by atoms with van der Waals surface area (Å²) < 4.78 is 19.2. The van der Waals surface area contributed by atoms with Gasteiger partial charge < -0.3 is 15.1 Å². The van der Waals surface area contributed by atoms with Crippen LogP contribution in [-0.2, 0) is 11.2 Å². The number of nitrogens with one attached hydrogen (secondary N) is 2. The molecule has 0 aliphatic rings. The Labute approximate surface area is 168 Å². The Kier molecular flexibility index (Phi) is 6.59. The maximum atomic E-state index is 13.5. The third-order valence-corrected chi connectivity index (χ3v) is 4.34. The first-order chi connectivity index (χ1) is 14.1. The molecule has 0 saturated carbocycles. The maximum absolute atomic E-state index is 13.5. The number of halogens is 1. The van der Waals surface area contributed by atoms with Gasteiger partial charge in [0.1, 0.15) is 17.4 Å². The van der Waals surface area contributed by atoms with Crippen LogP contribution in [0, 0.1) is 24.1 Å². The number of oxazole rings is 1. The summed E-state index contributed by atoms with van der Waals surface area (Å²) in [6.45, 7) is 2.74. The Morgan fingerprint density at radius 1 is 1.21 bits per heavy atom. The maximum Gasteiger partial charge on any atom is 0.220 e. The van der Waals surface area contributed by atoms with Gasteiger partial charge in [0.2, 0.25) is 5.91 Å². The monoisotopic (exact) mass is 392 g/mol. The summed E-state index contributed by atoms with van der Waals surface area (Å²) in [5.74, 6) is 0.472. The Morgan fingerprint density at radius 2 is 2.00 bits per heavy atom. The van der Waals surface area contributed by atoms with Crippen molar-refractivity contribution in [2.75, 3.05) is 18.4 Å². The first-order valence-corrected chi connectivity index (χ1v) is 9.28. The Bertz CT molecular complexity index is 1020. The van der Waals surface area contributed by atoms with E-state index in [4.69, 9.17) is 9.68 Å². The highest BCUT2D eigenvalue weighted by atomic mass is 19.1. The van der Waals surface area contributed by atoms with E-state index in [1.165, 1.54) is 17.7 Å². The molecule has 2 aromatic carbocycles. The number of benzene rings is 2. The second-order valence-corrected chi connectivity index (χ2v) is 6.54. The number of hydrogen-bond donors (Lipinski definition) is 2. The van der Waals surface area contributed by atoms with Crippen LogP contribution in [0.5, 0.6) is 0 Å². The van der Waals surface area contributed by atoms with Crippen molar-refractivity contribution in [3.05, 3.63) is 71.5 Å². The molecule has 148 valence electrons. The van der Waals surface area contributed by atoms with Crippen LogP contribution in [0.2, 0.25) is 0 Å². The number of aromatic nitrogens is 1. The van der Waals surface area contributed by atoms with E-state index in [0.29, 0.717) is 36.8 Å². The third-order valence-electron chi connectivity index (χ3n) is 4.34. The molecular weight excluding hydrogens is 371 g/mol. The van der Waals surface area contributed by atoms with E-state index in [9.17, 15) is 9.18 Å². The molecule has 0 unspecified atom stereocenters. The third kappa shape index (κ3) is 5.42. The summed E-state index contributed by atoms with van der Waals surface area (Å²) in [6, 6.07) is 14.2. The first-order valence-electron chi connectivity index (χ1n) is 9.28. The van der Waals surface area contributed by atoms with Crippen LogP contribution in [0.25, 0.3) is 11.3 Å². The highest BCUT2D eigenvalue weighted by Crippen LogP contribution is 2.21. The average Bonchev–Trinajstić information content (AvgIpc) is 3.19. The first kappa shape index (κ1) is 20.1. The smallest absolute Gasteiger partial charge is 0.220 e. The molecule has 2 N–H and O–H groups in total. The van der Waals surface area contributed by atoms with E-state index < -0.39 is 5.82 Å². The van der Waals surface area contributed by atoms with Crippen molar-refractivity contribution in [3.63, 3.8) is 0 Å². The van der Waals surface area contributed by atoms with E-state index in [-0.39, 0.29) is 17.9 Å².